The highest BCUT2D eigenvalue weighted by molar-refractivity contribution is 6.31. The first-order chi connectivity index (χ1) is 14.3. The van der Waals surface area contributed by atoms with Crippen LogP contribution in [0.5, 0.6) is 5.75 Å². The average Bonchev–Trinajstić information content (AvgIpc) is 2.71. The number of carboxylic acids is 1. The smallest absolute Gasteiger partial charge is 0.341 e. The molecule has 1 saturated heterocycles. The van der Waals surface area contributed by atoms with Crippen LogP contribution in [0.15, 0.2) is 54.1 Å². The second kappa shape index (κ2) is 8.99. The molecule has 154 valence electrons. The summed E-state index contributed by atoms with van der Waals surface area (Å²) in [6.45, 7) is -0.610. The normalized spacial score (nSPS) is 15.3. The van der Waals surface area contributed by atoms with Gasteiger partial charge in [0.25, 0.3) is 11.8 Å². The second-order valence-electron chi connectivity index (χ2n) is 6.37. The van der Waals surface area contributed by atoms with Crippen molar-refractivity contribution in [2.45, 2.75) is 6.42 Å². The van der Waals surface area contributed by atoms with Gasteiger partial charge in [0.15, 0.2) is 6.61 Å². The lowest BCUT2D eigenvalue weighted by atomic mass is 10.1. The molecule has 0 radical (unpaired) electrons. The van der Waals surface area contributed by atoms with E-state index in [-0.39, 0.29) is 24.3 Å². The lowest BCUT2D eigenvalue weighted by Gasteiger charge is -2.26. The van der Waals surface area contributed by atoms with Gasteiger partial charge in [-0.1, -0.05) is 30.3 Å². The predicted molar refractivity (Wildman–Crippen MR) is 103 cm³/mol. The van der Waals surface area contributed by atoms with Crippen molar-refractivity contribution in [3.8, 4) is 5.75 Å². The van der Waals surface area contributed by atoms with Crippen LogP contribution in [-0.4, -0.2) is 47.0 Å². The van der Waals surface area contributed by atoms with Crippen LogP contribution in [-0.2, 0) is 20.8 Å². The van der Waals surface area contributed by atoms with Crippen LogP contribution in [0.25, 0.3) is 6.08 Å². The van der Waals surface area contributed by atoms with Crippen molar-refractivity contribution in [3.63, 3.8) is 0 Å². The van der Waals surface area contributed by atoms with Crippen molar-refractivity contribution in [1.82, 2.24) is 10.2 Å². The zero-order chi connectivity index (χ0) is 21.7. The van der Waals surface area contributed by atoms with E-state index in [4.69, 9.17) is 9.84 Å². The van der Waals surface area contributed by atoms with Gasteiger partial charge in [0, 0.05) is 12.1 Å². The van der Waals surface area contributed by atoms with E-state index in [2.05, 4.69) is 5.32 Å². The molecule has 1 heterocycles. The highest BCUT2D eigenvalue weighted by atomic mass is 19.1. The van der Waals surface area contributed by atoms with E-state index in [0.717, 1.165) is 4.90 Å². The molecule has 3 rings (SSSR count). The molecule has 8 nitrogen and oxygen atoms in total. The van der Waals surface area contributed by atoms with Crippen LogP contribution in [0.4, 0.5) is 9.18 Å². The number of halogens is 1. The summed E-state index contributed by atoms with van der Waals surface area (Å²) in [5.74, 6) is -3.07. The lowest BCUT2D eigenvalue weighted by molar-refractivity contribution is -0.139. The van der Waals surface area contributed by atoms with Gasteiger partial charge in [0.05, 0.1) is 0 Å². The average molecular weight is 412 g/mol. The molecular formula is C21H17FN2O6. The lowest BCUT2D eigenvalue weighted by Crippen LogP contribution is -2.54. The van der Waals surface area contributed by atoms with Crippen molar-refractivity contribution in [2.75, 3.05) is 13.2 Å². The minimum absolute atomic E-state index is 0.0158. The van der Waals surface area contributed by atoms with Crippen LogP contribution in [0.2, 0.25) is 0 Å². The molecule has 4 amide bonds. The number of benzene rings is 2. The molecule has 1 fully saturated rings. The summed E-state index contributed by atoms with van der Waals surface area (Å²) in [6, 6.07) is 11.1. The first-order valence-electron chi connectivity index (χ1n) is 8.92. The number of aliphatic carboxylic acids is 1. The molecule has 0 aliphatic carbocycles. The predicted octanol–water partition coefficient (Wildman–Crippen LogP) is 1.99. The Bertz CT molecular complexity index is 1030. The highest BCUT2D eigenvalue weighted by Gasteiger charge is 2.35. The maximum absolute atomic E-state index is 13.0. The third-order valence-electron chi connectivity index (χ3n) is 4.29. The van der Waals surface area contributed by atoms with E-state index in [1.807, 2.05) is 0 Å². The number of imide groups is 2. The monoisotopic (exact) mass is 412 g/mol. The zero-order valence-electron chi connectivity index (χ0n) is 15.6. The van der Waals surface area contributed by atoms with Crippen LogP contribution < -0.4 is 10.1 Å². The fourth-order valence-corrected chi connectivity index (χ4v) is 2.82. The van der Waals surface area contributed by atoms with Gasteiger partial charge < -0.3 is 9.84 Å². The molecule has 0 atom stereocenters. The highest BCUT2D eigenvalue weighted by Crippen LogP contribution is 2.23. The maximum Gasteiger partial charge on any atom is 0.341 e. The first kappa shape index (κ1) is 20.7. The number of nitrogens with zero attached hydrogens (tertiary/aromatic N) is 1. The van der Waals surface area contributed by atoms with E-state index >= 15 is 0 Å². The van der Waals surface area contributed by atoms with Gasteiger partial charge in [-0.15, -0.1) is 0 Å². The van der Waals surface area contributed by atoms with Crippen molar-refractivity contribution in [3.05, 3.63) is 71.0 Å². The van der Waals surface area contributed by atoms with Crippen molar-refractivity contribution >= 4 is 29.9 Å². The molecule has 2 N–H and O–H groups in total. The molecule has 0 saturated carbocycles. The number of ether oxygens (including phenoxy) is 1. The number of hydrogen-bond donors (Lipinski definition) is 2. The van der Waals surface area contributed by atoms with Crippen LogP contribution in [0, 0.1) is 5.82 Å². The van der Waals surface area contributed by atoms with Crippen LogP contribution in [0.3, 0.4) is 0 Å². The number of urea groups is 1. The van der Waals surface area contributed by atoms with Crippen LogP contribution >= 0.6 is 0 Å². The van der Waals surface area contributed by atoms with E-state index < -0.39 is 36.2 Å². The summed E-state index contributed by atoms with van der Waals surface area (Å²) < 4.78 is 18.2. The molecule has 0 aromatic heterocycles. The molecule has 9 heteroatoms. The quantitative estimate of drug-likeness (QED) is 0.531. The zero-order valence-corrected chi connectivity index (χ0v) is 15.6. The number of hydrogen-bond acceptors (Lipinski definition) is 5. The summed E-state index contributed by atoms with van der Waals surface area (Å²) in [5, 5.41) is 10.9. The Hall–Kier alpha value is -4.01. The Labute approximate surface area is 170 Å². The molecule has 2 aromatic carbocycles. The Morgan fingerprint density at radius 1 is 1.10 bits per heavy atom. The number of amides is 4. The molecule has 0 unspecified atom stereocenters. The van der Waals surface area contributed by atoms with Gasteiger partial charge in [0.1, 0.15) is 17.1 Å². The van der Waals surface area contributed by atoms with Crippen molar-refractivity contribution in [1.29, 1.82) is 0 Å². The molecule has 0 spiro atoms. The number of carbonyl (C=O) groups is 4. The fraction of sp³-hybridized carbons (Fsp3) is 0.143. The third kappa shape index (κ3) is 4.88. The number of carbonyl (C=O) groups excluding carboxylic acids is 3. The van der Waals surface area contributed by atoms with Gasteiger partial charge in [-0.3, -0.25) is 19.8 Å². The molecule has 0 bridgehead atoms. The summed E-state index contributed by atoms with van der Waals surface area (Å²) in [7, 11) is 0. The Morgan fingerprint density at radius 2 is 1.80 bits per heavy atom. The van der Waals surface area contributed by atoms with E-state index in [1.165, 1.54) is 24.3 Å². The number of barbiturate groups is 1. The maximum atomic E-state index is 13.0. The number of para-hydroxylation sites is 1. The Morgan fingerprint density at radius 3 is 2.50 bits per heavy atom. The fourth-order valence-electron chi connectivity index (χ4n) is 2.82. The summed E-state index contributed by atoms with van der Waals surface area (Å²) in [5.41, 5.74) is 0.733. The number of carboxylic acid groups (broad SMARTS) is 1. The van der Waals surface area contributed by atoms with E-state index in [9.17, 15) is 23.6 Å². The largest absolute Gasteiger partial charge is 0.481 e. The molecule has 1 aliphatic heterocycles. The number of rotatable bonds is 7. The van der Waals surface area contributed by atoms with E-state index in [1.54, 1.807) is 30.3 Å². The van der Waals surface area contributed by atoms with Gasteiger partial charge in [-0.05, 0) is 36.3 Å². The molecule has 30 heavy (non-hydrogen) atoms. The van der Waals surface area contributed by atoms with Crippen molar-refractivity contribution < 1.29 is 33.4 Å². The van der Waals surface area contributed by atoms with Gasteiger partial charge in [-0.2, -0.15) is 0 Å². The number of nitrogens with one attached hydrogen (secondary N) is 1. The third-order valence-corrected chi connectivity index (χ3v) is 4.29. The Kier molecular flexibility index (Phi) is 6.21. The summed E-state index contributed by atoms with van der Waals surface area (Å²) >= 11 is 0. The van der Waals surface area contributed by atoms with Crippen LogP contribution in [0.1, 0.15) is 11.1 Å². The Balaban J connectivity index is 1.82. The molecule has 1 aliphatic rings. The van der Waals surface area contributed by atoms with Gasteiger partial charge in [-0.25, -0.2) is 14.0 Å². The van der Waals surface area contributed by atoms with Crippen molar-refractivity contribution in [2.24, 2.45) is 0 Å². The topological polar surface area (TPSA) is 113 Å². The SMILES string of the molecule is O=C(O)COc1ccccc1C=C1C(=O)NC(=O)N(CCc2ccc(F)cc2)C1=O. The summed E-state index contributed by atoms with van der Waals surface area (Å²) in [4.78, 5) is 48.8. The first-order valence-corrected chi connectivity index (χ1v) is 8.92. The van der Waals surface area contributed by atoms with E-state index in [0.29, 0.717) is 11.1 Å². The van der Waals surface area contributed by atoms with Gasteiger partial charge >= 0.3 is 12.0 Å². The van der Waals surface area contributed by atoms with Gasteiger partial charge in [0.2, 0.25) is 0 Å². The molecular weight excluding hydrogens is 395 g/mol. The minimum atomic E-state index is -1.18. The summed E-state index contributed by atoms with van der Waals surface area (Å²) in [6.07, 6.45) is 1.52. The second-order valence-corrected chi connectivity index (χ2v) is 6.37. The standard InChI is InChI=1S/C21H17FN2O6/c22-15-7-5-13(6-8-15)9-10-24-20(28)16(19(27)23-21(24)29)11-14-3-1-2-4-17(14)30-12-18(25)26/h1-8,11H,9-10,12H2,(H,25,26)(H,23,27,29). The molecule has 2 aromatic rings. The minimum Gasteiger partial charge on any atom is -0.481 e.